The van der Waals surface area contributed by atoms with E-state index in [2.05, 4.69) is 0 Å². The van der Waals surface area contributed by atoms with E-state index in [0.717, 1.165) is 46.1 Å². The first-order valence-corrected chi connectivity index (χ1v) is 13.9. The number of para-hydroxylation sites is 1. The molecule has 7 atom stereocenters. The summed E-state index contributed by atoms with van der Waals surface area (Å²) in [6.45, 7) is 0. The first-order chi connectivity index (χ1) is 20.5. The number of carboxylic acids is 2. The molecule has 11 nitrogen and oxygen atoms in total. The maximum absolute atomic E-state index is 13.8. The molecular weight excluding hydrogens is 565 g/mol. The lowest BCUT2D eigenvalue weighted by Gasteiger charge is -2.39. The van der Waals surface area contributed by atoms with Gasteiger partial charge in [0.15, 0.2) is 12.4 Å². The fourth-order valence-corrected chi connectivity index (χ4v) is 5.30. The predicted molar refractivity (Wildman–Crippen MR) is 150 cm³/mol. The zero-order chi connectivity index (χ0) is 30.8. The minimum absolute atomic E-state index is 0.206. The molecule has 2 fully saturated rings. The molecule has 0 spiro atoms. The van der Waals surface area contributed by atoms with Gasteiger partial charge in [-0.1, -0.05) is 42.5 Å². The van der Waals surface area contributed by atoms with Crippen molar-refractivity contribution in [2.45, 2.75) is 74.5 Å². The summed E-state index contributed by atoms with van der Waals surface area (Å²) >= 11 is 0. The van der Waals surface area contributed by atoms with Gasteiger partial charge in [0.05, 0.1) is 29.8 Å². The van der Waals surface area contributed by atoms with Crippen LogP contribution >= 0.6 is 0 Å². The number of aromatic nitrogens is 1. The molecule has 1 aliphatic heterocycles. The van der Waals surface area contributed by atoms with Crippen LogP contribution in [0.15, 0.2) is 54.6 Å². The van der Waals surface area contributed by atoms with E-state index < -0.39 is 61.3 Å². The summed E-state index contributed by atoms with van der Waals surface area (Å²) in [6, 6.07) is 13.6. The Hall–Kier alpha value is -3.78. The van der Waals surface area contributed by atoms with Crippen LogP contribution in [0.5, 0.6) is 0 Å². The van der Waals surface area contributed by atoms with E-state index in [1.807, 2.05) is 24.3 Å². The third-order valence-electron chi connectivity index (χ3n) is 7.59. The van der Waals surface area contributed by atoms with Gasteiger partial charge in [-0.3, -0.25) is 9.78 Å². The lowest BCUT2D eigenvalue weighted by molar-refractivity contribution is -0.305. The van der Waals surface area contributed by atoms with Gasteiger partial charge in [-0.15, -0.1) is 0 Å². The highest BCUT2D eigenvalue weighted by molar-refractivity contribution is 5.99. The highest BCUT2D eigenvalue weighted by Gasteiger charge is 2.48. The number of ether oxygens (including phenoxy) is 2. The molecule has 5 rings (SSSR count). The van der Waals surface area contributed by atoms with Crippen LogP contribution in [0.25, 0.3) is 28.1 Å². The summed E-state index contributed by atoms with van der Waals surface area (Å²) in [4.78, 5) is 27.9. The Morgan fingerprint density at radius 3 is 2.37 bits per heavy atom. The van der Waals surface area contributed by atoms with Gasteiger partial charge in [-0.2, -0.15) is 0 Å². The van der Waals surface area contributed by atoms with Crippen LogP contribution in [-0.2, 0) is 19.1 Å². The highest BCUT2D eigenvalue weighted by atomic mass is 19.1. The fourth-order valence-electron chi connectivity index (χ4n) is 5.30. The second kappa shape index (κ2) is 12.8. The quantitative estimate of drug-likeness (QED) is 0.191. The third kappa shape index (κ3) is 6.90. The van der Waals surface area contributed by atoms with Crippen molar-refractivity contribution in [3.63, 3.8) is 0 Å². The third-order valence-corrected chi connectivity index (χ3v) is 7.59. The molecule has 0 unspecified atom stereocenters. The summed E-state index contributed by atoms with van der Waals surface area (Å²) in [7, 11) is 0. The number of carboxylic acid groups (broad SMARTS) is 2. The molecular formula is C31H32FNO10. The Bertz CT molecular complexity index is 1510. The molecule has 2 aromatic carbocycles. The summed E-state index contributed by atoms with van der Waals surface area (Å²) in [5, 5.41) is 60.8. The maximum Gasteiger partial charge on any atom is 0.335 e. The van der Waals surface area contributed by atoms with Gasteiger partial charge in [-0.25, -0.2) is 9.18 Å². The molecule has 1 saturated carbocycles. The first-order valence-electron chi connectivity index (χ1n) is 13.9. The molecule has 1 aliphatic carbocycles. The number of aliphatic carboxylic acids is 2. The standard InChI is InChI=1S/C31H32FNO10/c32-17-9-7-15(8-10-17)24-20-3-1-2-4-22(20)33-25(16-5-6-16)21(24)12-11-18(34)13-19(14-23(35)36)42-31-28(39)26(37)27(38)29(43-31)30(40)41/h1-4,7-12,16,18-19,26-29,31,34,37-39H,5-6,13-14H2,(H,35,36)(H,40,41)/b12-11+/t18-,19-,26+,27+,28-,29+,31-/m1/s1. The van der Waals surface area contributed by atoms with E-state index in [1.54, 1.807) is 18.2 Å². The summed E-state index contributed by atoms with van der Waals surface area (Å²) < 4.78 is 24.5. The average Bonchev–Trinajstić information content (AvgIpc) is 3.81. The SMILES string of the molecule is O=C(O)C[C@@H](C[C@H](O)/C=C/c1c(C2CC2)nc2ccccc2c1-c1ccc(F)cc1)O[C@@H]1O[C@H](C(=O)O)[C@@H](O)[C@H](O)[C@H]1O. The lowest BCUT2D eigenvalue weighted by Crippen LogP contribution is -2.60. The van der Waals surface area contributed by atoms with Crippen LogP contribution < -0.4 is 0 Å². The lowest BCUT2D eigenvalue weighted by atomic mass is 9.92. The van der Waals surface area contributed by atoms with Gasteiger partial charge in [0.25, 0.3) is 0 Å². The van der Waals surface area contributed by atoms with Crippen molar-refractivity contribution >= 4 is 28.9 Å². The topological polar surface area (TPSA) is 187 Å². The number of benzene rings is 2. The molecule has 6 N–H and O–H groups in total. The van der Waals surface area contributed by atoms with Crippen molar-refractivity contribution in [2.24, 2.45) is 0 Å². The van der Waals surface area contributed by atoms with Crippen LogP contribution in [0.2, 0.25) is 0 Å². The Balaban J connectivity index is 1.43. The van der Waals surface area contributed by atoms with E-state index in [1.165, 1.54) is 18.2 Å². The Morgan fingerprint density at radius 2 is 1.72 bits per heavy atom. The summed E-state index contributed by atoms with van der Waals surface area (Å²) in [5.41, 5.74) is 3.88. The molecule has 3 aromatic rings. The number of nitrogens with zero attached hydrogens (tertiary/aromatic N) is 1. The maximum atomic E-state index is 13.8. The number of pyridine rings is 1. The zero-order valence-electron chi connectivity index (χ0n) is 22.9. The molecule has 228 valence electrons. The van der Waals surface area contributed by atoms with Gasteiger partial charge in [0, 0.05) is 28.9 Å². The Morgan fingerprint density at radius 1 is 1.02 bits per heavy atom. The van der Waals surface area contributed by atoms with Gasteiger partial charge >= 0.3 is 11.9 Å². The van der Waals surface area contributed by atoms with Crippen LogP contribution in [0, 0.1) is 5.82 Å². The summed E-state index contributed by atoms with van der Waals surface area (Å²) in [6.07, 6.45) is -7.90. The molecule has 2 heterocycles. The minimum atomic E-state index is -1.94. The molecule has 12 heteroatoms. The second-order valence-electron chi connectivity index (χ2n) is 10.8. The second-order valence-corrected chi connectivity index (χ2v) is 10.8. The van der Waals surface area contributed by atoms with Crippen molar-refractivity contribution < 1.29 is 54.1 Å². The number of aliphatic hydroxyl groups excluding tert-OH is 4. The van der Waals surface area contributed by atoms with Gasteiger partial charge < -0.3 is 40.1 Å². The van der Waals surface area contributed by atoms with E-state index in [-0.39, 0.29) is 18.2 Å². The van der Waals surface area contributed by atoms with Crippen LogP contribution in [0.1, 0.15) is 42.9 Å². The predicted octanol–water partition coefficient (Wildman–Crippen LogP) is 2.43. The highest BCUT2D eigenvalue weighted by Crippen LogP contribution is 2.45. The number of carbonyl (C=O) groups is 2. The molecule has 0 amide bonds. The molecule has 43 heavy (non-hydrogen) atoms. The van der Waals surface area contributed by atoms with E-state index >= 15 is 0 Å². The largest absolute Gasteiger partial charge is 0.481 e. The number of hydrogen-bond donors (Lipinski definition) is 6. The smallest absolute Gasteiger partial charge is 0.335 e. The monoisotopic (exact) mass is 597 g/mol. The van der Waals surface area contributed by atoms with Crippen LogP contribution in [-0.4, -0.2) is 90.5 Å². The van der Waals surface area contributed by atoms with Gasteiger partial charge in [0.1, 0.15) is 24.1 Å². The number of halogens is 1. The van der Waals surface area contributed by atoms with E-state index in [0.29, 0.717) is 0 Å². The summed E-state index contributed by atoms with van der Waals surface area (Å²) in [5.74, 6) is -3.09. The Labute approximate surface area is 245 Å². The van der Waals surface area contributed by atoms with Crippen molar-refractivity contribution in [1.82, 2.24) is 4.98 Å². The minimum Gasteiger partial charge on any atom is -0.481 e. The number of rotatable bonds is 11. The fraction of sp³-hybridized carbons (Fsp3) is 0.387. The zero-order valence-corrected chi connectivity index (χ0v) is 22.9. The van der Waals surface area contributed by atoms with Crippen molar-refractivity contribution in [3.8, 4) is 11.1 Å². The molecule has 1 saturated heterocycles. The van der Waals surface area contributed by atoms with Crippen molar-refractivity contribution in [3.05, 3.63) is 71.7 Å². The van der Waals surface area contributed by atoms with Crippen LogP contribution in [0.4, 0.5) is 4.39 Å². The number of fused-ring (bicyclic) bond motifs is 1. The normalized spacial score (nSPS) is 25.6. The van der Waals surface area contributed by atoms with E-state index in [4.69, 9.17) is 14.5 Å². The number of aliphatic hydroxyl groups is 4. The van der Waals surface area contributed by atoms with Crippen molar-refractivity contribution in [2.75, 3.05) is 0 Å². The average molecular weight is 598 g/mol. The number of hydrogen-bond acceptors (Lipinski definition) is 9. The van der Waals surface area contributed by atoms with Gasteiger partial charge in [-0.05, 0) is 36.6 Å². The molecule has 0 bridgehead atoms. The Kier molecular flexibility index (Phi) is 9.16. The van der Waals surface area contributed by atoms with Gasteiger partial charge in [0.2, 0.25) is 0 Å². The molecule has 1 aromatic heterocycles. The first kappa shape index (κ1) is 30.7. The van der Waals surface area contributed by atoms with E-state index in [9.17, 15) is 44.6 Å². The molecule has 2 aliphatic rings. The van der Waals surface area contributed by atoms with Crippen molar-refractivity contribution in [1.29, 1.82) is 0 Å². The molecule has 0 radical (unpaired) electrons. The van der Waals surface area contributed by atoms with Crippen LogP contribution in [0.3, 0.4) is 0 Å².